The van der Waals surface area contributed by atoms with Gasteiger partial charge in [-0.1, -0.05) is 61.9 Å². The van der Waals surface area contributed by atoms with E-state index in [1.54, 1.807) is 0 Å². The van der Waals surface area contributed by atoms with Crippen LogP contribution in [0.2, 0.25) is 0 Å². The van der Waals surface area contributed by atoms with Crippen molar-refractivity contribution in [1.29, 1.82) is 0 Å². The maximum Gasteiger partial charge on any atom is 1.00 e. The molecular weight excluding hydrogens is 502 g/mol. The molecule has 38 heavy (non-hydrogen) atoms. The largest absolute Gasteiger partial charge is 1.00 e. The van der Waals surface area contributed by atoms with Crippen LogP contribution in [0.1, 0.15) is 48.8 Å². The first kappa shape index (κ1) is 30.3. The van der Waals surface area contributed by atoms with Gasteiger partial charge in [0.1, 0.15) is 6.04 Å². The Morgan fingerprint density at radius 3 is 2.39 bits per heavy atom. The number of carboxylic acid groups (broad SMARTS) is 1. The number of carbonyl (C=O) groups is 2. The fourth-order valence-electron chi connectivity index (χ4n) is 5.10. The van der Waals surface area contributed by atoms with Crippen molar-refractivity contribution in [2.45, 2.75) is 45.7 Å². The number of tetrazole rings is 1. The van der Waals surface area contributed by atoms with Gasteiger partial charge in [0, 0.05) is 31.5 Å². The number of carbonyl (C=O) groups excluding carboxylic acids is 2. The molecule has 0 saturated heterocycles. The van der Waals surface area contributed by atoms with Crippen LogP contribution in [-0.2, 0) is 29.0 Å². The van der Waals surface area contributed by atoms with Crippen molar-refractivity contribution in [3.63, 3.8) is 0 Å². The van der Waals surface area contributed by atoms with E-state index in [0.717, 1.165) is 46.4 Å². The molecular formula is C27H26N6Na2O3. The normalized spacial score (nSPS) is 14.3. The van der Waals surface area contributed by atoms with Crippen LogP contribution in [0.15, 0.2) is 54.6 Å². The van der Waals surface area contributed by atoms with Gasteiger partial charge < -0.3 is 24.5 Å². The molecule has 2 aromatic carbocycles. The number of hydrogen-bond acceptors (Lipinski definition) is 6. The van der Waals surface area contributed by atoms with Crippen molar-refractivity contribution in [1.82, 2.24) is 30.1 Å². The minimum absolute atomic E-state index is 0. The van der Waals surface area contributed by atoms with Crippen LogP contribution >= 0.6 is 0 Å². The smallest absolute Gasteiger partial charge is 0.547 e. The van der Waals surface area contributed by atoms with Gasteiger partial charge in [-0.25, -0.2) is 0 Å². The zero-order valence-electron chi connectivity index (χ0n) is 22.2. The Balaban J connectivity index is 0.00000200. The van der Waals surface area contributed by atoms with Gasteiger partial charge in [-0.15, -0.1) is 0 Å². The van der Waals surface area contributed by atoms with Crippen LogP contribution in [-0.4, -0.2) is 43.4 Å². The summed E-state index contributed by atoms with van der Waals surface area (Å²) < 4.78 is 2.06. The maximum absolute atomic E-state index is 12.2. The van der Waals surface area contributed by atoms with E-state index in [9.17, 15) is 14.7 Å². The average Bonchev–Trinajstić information content (AvgIpc) is 3.53. The third-order valence-corrected chi connectivity index (χ3v) is 6.73. The van der Waals surface area contributed by atoms with E-state index < -0.39 is 12.0 Å². The minimum atomic E-state index is -1.25. The van der Waals surface area contributed by atoms with E-state index in [1.807, 2.05) is 48.5 Å². The number of aliphatic carboxylic acids is 1. The Bertz CT molecular complexity index is 1400. The fraction of sp³-hybridized carbons (Fsp3) is 0.296. The molecule has 0 spiro atoms. The number of nitrogens with zero attached hydrogens (tertiary/aromatic N) is 6. The van der Waals surface area contributed by atoms with Gasteiger partial charge in [-0.05, 0) is 46.7 Å². The monoisotopic (exact) mass is 528 g/mol. The van der Waals surface area contributed by atoms with Gasteiger partial charge in [0.25, 0.3) is 0 Å². The third-order valence-electron chi connectivity index (χ3n) is 6.73. The topological polar surface area (TPSA) is 118 Å². The van der Waals surface area contributed by atoms with Crippen molar-refractivity contribution >= 4 is 11.9 Å². The number of benzene rings is 2. The fourth-order valence-corrected chi connectivity index (χ4v) is 5.10. The second-order valence-electron chi connectivity index (χ2n) is 9.01. The summed E-state index contributed by atoms with van der Waals surface area (Å²) in [6, 6.07) is 17.0. The van der Waals surface area contributed by atoms with Crippen LogP contribution in [0.5, 0.6) is 0 Å². The molecule has 11 heteroatoms. The van der Waals surface area contributed by atoms with Crippen molar-refractivity contribution < 1.29 is 73.8 Å². The number of aryl methyl sites for hydroxylation is 1. The number of fused-ring (bicyclic) bond motifs is 1. The summed E-state index contributed by atoms with van der Waals surface area (Å²) in [5.41, 5.74) is 6.55. The van der Waals surface area contributed by atoms with Crippen LogP contribution in [0, 0.1) is 0 Å². The zero-order chi connectivity index (χ0) is 25.2. The Kier molecular flexibility index (Phi) is 10.5. The molecule has 0 aliphatic carbocycles. The Morgan fingerprint density at radius 2 is 1.79 bits per heavy atom. The molecule has 184 valence electrons. The van der Waals surface area contributed by atoms with Crippen molar-refractivity contribution in [2.75, 3.05) is 6.54 Å². The summed E-state index contributed by atoms with van der Waals surface area (Å²) in [5.74, 6) is -1.04. The summed E-state index contributed by atoms with van der Waals surface area (Å²) in [7, 11) is 0. The van der Waals surface area contributed by atoms with E-state index in [-0.39, 0.29) is 65.0 Å². The summed E-state index contributed by atoms with van der Waals surface area (Å²) in [6.45, 7) is 4.39. The number of amides is 1. The molecule has 1 atom stereocenters. The number of carboxylic acids is 1. The molecule has 4 aromatic rings. The minimum Gasteiger partial charge on any atom is -0.547 e. The first-order chi connectivity index (χ1) is 17.5. The molecule has 1 aliphatic heterocycles. The Morgan fingerprint density at radius 1 is 1.08 bits per heavy atom. The van der Waals surface area contributed by atoms with Crippen LogP contribution < -0.4 is 69.3 Å². The van der Waals surface area contributed by atoms with Gasteiger partial charge in [0.2, 0.25) is 5.91 Å². The molecule has 0 bridgehead atoms. The third kappa shape index (κ3) is 5.98. The predicted molar refractivity (Wildman–Crippen MR) is 130 cm³/mol. The number of aromatic nitrogens is 5. The van der Waals surface area contributed by atoms with E-state index in [4.69, 9.17) is 0 Å². The second kappa shape index (κ2) is 13.2. The van der Waals surface area contributed by atoms with Gasteiger partial charge in [-0.2, -0.15) is 5.21 Å². The van der Waals surface area contributed by atoms with Crippen molar-refractivity contribution in [3.8, 4) is 22.5 Å². The van der Waals surface area contributed by atoms with E-state index in [1.165, 1.54) is 11.8 Å². The molecule has 0 N–H and O–H groups in total. The second-order valence-corrected chi connectivity index (χ2v) is 9.01. The van der Waals surface area contributed by atoms with Crippen LogP contribution in [0.25, 0.3) is 22.5 Å². The molecule has 1 unspecified atom stereocenters. The van der Waals surface area contributed by atoms with Crippen molar-refractivity contribution in [2.24, 2.45) is 0 Å². The first-order valence-electron chi connectivity index (χ1n) is 12.0. The number of rotatable bonds is 7. The van der Waals surface area contributed by atoms with Crippen LogP contribution in [0.3, 0.4) is 0 Å². The van der Waals surface area contributed by atoms with E-state index >= 15 is 0 Å². The molecule has 2 aromatic heterocycles. The number of hydrogen-bond donors (Lipinski definition) is 0. The Labute approximate surface area is 265 Å². The van der Waals surface area contributed by atoms with Gasteiger partial charge in [0.05, 0.1) is 11.7 Å². The molecule has 9 nitrogen and oxygen atoms in total. The predicted octanol–water partition coefficient (Wildman–Crippen LogP) is -3.83. The molecule has 0 saturated carbocycles. The Hall–Kier alpha value is -2.27. The maximum atomic E-state index is 12.2. The molecule has 1 aliphatic rings. The van der Waals surface area contributed by atoms with Crippen LogP contribution in [0.4, 0.5) is 0 Å². The standard InChI is InChI=1S/C27H28N6O3.2Na/c1-3-6-21-15-20-13-14-32(17(2)34)25(27(35)36)24(20)33(21)16-18-9-11-19(12-10-18)22-7-4-5-8-23(22)26-28-30-31-29-26;;/h4-5,7-12,15,25H,3,6,13-14,16H2,1-2H3,(H2,28,29,30,31,35,36);;/q;2*+1/p-2. The van der Waals surface area contributed by atoms with E-state index in [2.05, 4.69) is 38.2 Å². The average molecular weight is 529 g/mol. The molecule has 0 radical (unpaired) electrons. The van der Waals surface area contributed by atoms with Gasteiger partial charge >= 0.3 is 59.1 Å². The van der Waals surface area contributed by atoms with Gasteiger partial charge in [-0.3, -0.25) is 15.1 Å². The molecule has 1 amide bonds. The summed E-state index contributed by atoms with van der Waals surface area (Å²) in [5, 5.41) is 27.4. The summed E-state index contributed by atoms with van der Waals surface area (Å²) >= 11 is 0. The summed E-state index contributed by atoms with van der Waals surface area (Å²) in [4.78, 5) is 25.8. The summed E-state index contributed by atoms with van der Waals surface area (Å²) in [6.07, 6.45) is 2.38. The molecule has 3 heterocycles. The molecule has 5 rings (SSSR count). The van der Waals surface area contributed by atoms with Gasteiger partial charge in [0.15, 0.2) is 0 Å². The zero-order valence-corrected chi connectivity index (χ0v) is 26.2. The van der Waals surface area contributed by atoms with E-state index in [0.29, 0.717) is 31.0 Å². The first-order valence-corrected chi connectivity index (χ1v) is 12.0. The quantitative estimate of drug-likeness (QED) is 0.226. The molecule has 0 fully saturated rings. The SMILES string of the molecule is CCCc1cc2c(n1Cc1ccc(-c3ccccc3-c3nnn[n-]3)cc1)C(C(=O)[O-])N(C(C)=O)CC2.[Na+].[Na+]. The van der Waals surface area contributed by atoms with Crippen molar-refractivity contribution in [3.05, 3.63) is 77.1 Å².